The molecule has 0 amide bonds. The zero-order valence-electron chi connectivity index (χ0n) is 17.5. The van der Waals surface area contributed by atoms with E-state index in [1.807, 2.05) is 13.8 Å². The molecule has 2 heterocycles. The zero-order chi connectivity index (χ0) is 21.3. The molecule has 1 aromatic carbocycles. The molecule has 9 nitrogen and oxygen atoms in total. The van der Waals surface area contributed by atoms with Crippen LogP contribution in [0.25, 0.3) is 0 Å². The zero-order valence-corrected chi connectivity index (χ0v) is 18.3. The van der Waals surface area contributed by atoms with Crippen molar-refractivity contribution in [2.45, 2.75) is 43.5 Å². The lowest BCUT2D eigenvalue weighted by molar-refractivity contribution is 0.301. The van der Waals surface area contributed by atoms with E-state index >= 15 is 0 Å². The molecule has 160 valence electrons. The molecule has 1 aliphatic rings. The van der Waals surface area contributed by atoms with Crippen molar-refractivity contribution in [3.05, 3.63) is 34.5 Å². The van der Waals surface area contributed by atoms with Gasteiger partial charge in [0.25, 0.3) is 0 Å². The van der Waals surface area contributed by atoms with Crippen molar-refractivity contribution in [3.8, 4) is 11.5 Å². The number of aromatic nitrogens is 3. The lowest BCUT2D eigenvalue weighted by Gasteiger charge is -2.32. The average Bonchev–Trinajstić information content (AvgIpc) is 3.02. The van der Waals surface area contributed by atoms with E-state index in [4.69, 9.17) is 9.47 Å². The number of piperidine rings is 1. The summed E-state index contributed by atoms with van der Waals surface area (Å²) >= 11 is 0. The summed E-state index contributed by atoms with van der Waals surface area (Å²) in [5.41, 5.74) is -0.185. The minimum Gasteiger partial charge on any atom is -0.493 e. The Balaban J connectivity index is 1.93. The number of ether oxygens (including phenoxy) is 2. The van der Waals surface area contributed by atoms with E-state index in [2.05, 4.69) is 5.10 Å². The van der Waals surface area contributed by atoms with Gasteiger partial charge in [0.1, 0.15) is 5.82 Å². The van der Waals surface area contributed by atoms with Crippen LogP contribution in [0.2, 0.25) is 0 Å². The van der Waals surface area contributed by atoms with Crippen molar-refractivity contribution in [1.29, 1.82) is 0 Å². The molecular formula is C19H28N4O5S. The molecule has 0 N–H and O–H groups in total. The minimum absolute atomic E-state index is 0.0518. The first-order valence-corrected chi connectivity index (χ1v) is 11.0. The molecule has 1 atom stereocenters. The number of nitrogens with zero attached hydrogens (tertiary/aromatic N) is 4. The van der Waals surface area contributed by atoms with Crippen LogP contribution in [0.1, 0.15) is 44.5 Å². The minimum atomic E-state index is -3.72. The topological polar surface area (TPSA) is 95.7 Å². The van der Waals surface area contributed by atoms with Crippen molar-refractivity contribution < 1.29 is 17.9 Å². The van der Waals surface area contributed by atoms with E-state index in [9.17, 15) is 13.2 Å². The summed E-state index contributed by atoms with van der Waals surface area (Å²) in [5.74, 6) is 1.33. The first-order chi connectivity index (χ1) is 13.7. The van der Waals surface area contributed by atoms with Gasteiger partial charge in [0.2, 0.25) is 10.0 Å². The Kier molecular flexibility index (Phi) is 6.04. The van der Waals surface area contributed by atoms with Gasteiger partial charge in [-0.15, -0.1) is 0 Å². The van der Waals surface area contributed by atoms with Crippen LogP contribution in [0.15, 0.2) is 27.9 Å². The van der Waals surface area contributed by atoms with Gasteiger partial charge < -0.3 is 9.47 Å². The predicted octanol–water partition coefficient (Wildman–Crippen LogP) is 1.75. The largest absolute Gasteiger partial charge is 0.493 e. The van der Waals surface area contributed by atoms with Gasteiger partial charge in [-0.2, -0.15) is 9.40 Å². The number of sulfonamides is 1. The van der Waals surface area contributed by atoms with E-state index in [0.717, 1.165) is 6.42 Å². The monoisotopic (exact) mass is 424 g/mol. The van der Waals surface area contributed by atoms with Gasteiger partial charge in [-0.25, -0.2) is 17.9 Å². The third-order valence-corrected chi connectivity index (χ3v) is 7.10. The Morgan fingerprint density at radius 3 is 2.48 bits per heavy atom. The Morgan fingerprint density at radius 1 is 1.17 bits per heavy atom. The van der Waals surface area contributed by atoms with Crippen molar-refractivity contribution in [2.24, 2.45) is 7.05 Å². The number of benzene rings is 1. The summed E-state index contributed by atoms with van der Waals surface area (Å²) in [4.78, 5) is 12.6. The van der Waals surface area contributed by atoms with E-state index in [1.165, 1.54) is 35.3 Å². The maximum absolute atomic E-state index is 13.3. The van der Waals surface area contributed by atoms with Crippen molar-refractivity contribution in [2.75, 3.05) is 27.3 Å². The second-order valence-electron chi connectivity index (χ2n) is 7.45. The first kappa shape index (κ1) is 21.4. The number of aryl methyl sites for hydroxylation is 1. The molecule has 2 aromatic rings. The summed E-state index contributed by atoms with van der Waals surface area (Å²) in [6.07, 6.45) is 1.47. The van der Waals surface area contributed by atoms with Crippen LogP contribution in [0, 0.1) is 0 Å². The van der Waals surface area contributed by atoms with Crippen LogP contribution in [0.5, 0.6) is 11.5 Å². The van der Waals surface area contributed by atoms with E-state index < -0.39 is 10.0 Å². The SMILES string of the molecule is COc1ccc(S(=O)(=O)N2CCCC(c3nn(C)c(=O)n3C(C)C)C2)cc1OC. The summed E-state index contributed by atoms with van der Waals surface area (Å²) < 4.78 is 41.4. The van der Waals surface area contributed by atoms with Crippen LogP contribution in [0.4, 0.5) is 0 Å². The quantitative estimate of drug-likeness (QED) is 0.701. The fraction of sp³-hybridized carbons (Fsp3) is 0.579. The molecule has 1 saturated heterocycles. The van der Waals surface area contributed by atoms with Gasteiger partial charge in [-0.3, -0.25) is 4.57 Å². The summed E-state index contributed by atoms with van der Waals surface area (Å²) in [6, 6.07) is 4.53. The Bertz CT molecular complexity index is 1040. The normalized spacial score (nSPS) is 18.2. The van der Waals surface area contributed by atoms with Crippen molar-refractivity contribution in [3.63, 3.8) is 0 Å². The van der Waals surface area contributed by atoms with Gasteiger partial charge in [-0.05, 0) is 38.8 Å². The molecule has 0 saturated carbocycles. The summed E-state index contributed by atoms with van der Waals surface area (Å²) in [6.45, 7) is 4.55. The van der Waals surface area contributed by atoms with Crippen LogP contribution < -0.4 is 15.2 Å². The third kappa shape index (κ3) is 3.91. The number of rotatable bonds is 6. The number of hydrogen-bond acceptors (Lipinski definition) is 6. The molecule has 0 aliphatic carbocycles. The van der Waals surface area contributed by atoms with E-state index in [-0.39, 0.29) is 29.1 Å². The highest BCUT2D eigenvalue weighted by atomic mass is 32.2. The number of methoxy groups -OCH3 is 2. The maximum atomic E-state index is 13.3. The molecule has 0 spiro atoms. The van der Waals surface area contributed by atoms with E-state index in [1.54, 1.807) is 17.7 Å². The number of hydrogen-bond donors (Lipinski definition) is 0. The smallest absolute Gasteiger partial charge is 0.345 e. The van der Waals surface area contributed by atoms with Crippen LogP contribution >= 0.6 is 0 Å². The molecule has 1 unspecified atom stereocenters. The maximum Gasteiger partial charge on any atom is 0.345 e. The van der Waals surface area contributed by atoms with Crippen molar-refractivity contribution >= 4 is 10.0 Å². The second kappa shape index (κ2) is 8.19. The van der Waals surface area contributed by atoms with E-state index in [0.29, 0.717) is 30.3 Å². The van der Waals surface area contributed by atoms with Gasteiger partial charge in [0.15, 0.2) is 11.5 Å². The second-order valence-corrected chi connectivity index (χ2v) is 9.39. The van der Waals surface area contributed by atoms with Gasteiger partial charge >= 0.3 is 5.69 Å². The van der Waals surface area contributed by atoms with Crippen LogP contribution in [-0.4, -0.2) is 54.4 Å². The average molecular weight is 425 g/mol. The highest BCUT2D eigenvalue weighted by molar-refractivity contribution is 7.89. The molecule has 10 heteroatoms. The Hall–Kier alpha value is -2.33. The van der Waals surface area contributed by atoms with Gasteiger partial charge in [-0.1, -0.05) is 0 Å². The molecule has 0 radical (unpaired) electrons. The fourth-order valence-corrected chi connectivity index (χ4v) is 5.30. The lowest BCUT2D eigenvalue weighted by Crippen LogP contribution is -2.40. The van der Waals surface area contributed by atoms with Crippen molar-refractivity contribution in [1.82, 2.24) is 18.7 Å². The fourth-order valence-electron chi connectivity index (χ4n) is 3.76. The standard InChI is InChI=1S/C19H28N4O5S/c1-13(2)23-18(20-21(3)19(23)24)14-7-6-10-22(12-14)29(25,26)15-8-9-16(27-4)17(11-15)28-5/h8-9,11,13-14H,6-7,10,12H2,1-5H3. The highest BCUT2D eigenvalue weighted by Gasteiger charge is 2.34. The Labute approximate surface area is 170 Å². The lowest BCUT2D eigenvalue weighted by atomic mass is 9.98. The highest BCUT2D eigenvalue weighted by Crippen LogP contribution is 2.33. The van der Waals surface area contributed by atoms with Crippen LogP contribution in [-0.2, 0) is 17.1 Å². The molecule has 1 aromatic heterocycles. The van der Waals surface area contributed by atoms with Gasteiger partial charge in [0, 0.05) is 38.2 Å². The molecule has 1 aliphatic heterocycles. The first-order valence-electron chi connectivity index (χ1n) is 9.58. The van der Waals surface area contributed by atoms with Gasteiger partial charge in [0.05, 0.1) is 19.1 Å². The molecule has 3 rings (SSSR count). The van der Waals surface area contributed by atoms with Crippen LogP contribution in [0.3, 0.4) is 0 Å². The predicted molar refractivity (Wildman–Crippen MR) is 108 cm³/mol. The molecule has 29 heavy (non-hydrogen) atoms. The summed E-state index contributed by atoms with van der Waals surface area (Å²) in [7, 11) is 0.868. The Morgan fingerprint density at radius 2 is 1.86 bits per heavy atom. The molecule has 0 bridgehead atoms. The molecule has 1 fully saturated rings. The molecular weight excluding hydrogens is 396 g/mol. The summed E-state index contributed by atoms with van der Waals surface area (Å²) in [5, 5.41) is 4.40. The third-order valence-electron chi connectivity index (χ3n) is 5.24.